The van der Waals surface area contributed by atoms with Gasteiger partial charge in [-0.2, -0.15) is 4.31 Å². The number of carbonyl (C=O) groups is 2. The fraction of sp³-hybridized carbons (Fsp3) is 0.240. The minimum Gasteiger partial charge on any atom is -0.451 e. The van der Waals surface area contributed by atoms with E-state index in [0.29, 0.717) is 23.7 Å². The summed E-state index contributed by atoms with van der Waals surface area (Å²) < 4.78 is 33.2. The van der Waals surface area contributed by atoms with Gasteiger partial charge in [0.25, 0.3) is 5.91 Å². The van der Waals surface area contributed by atoms with Crippen molar-refractivity contribution in [2.24, 2.45) is 0 Å². The van der Waals surface area contributed by atoms with Gasteiger partial charge >= 0.3 is 5.97 Å². The van der Waals surface area contributed by atoms with Gasteiger partial charge in [0.1, 0.15) is 9.88 Å². The van der Waals surface area contributed by atoms with Crippen LogP contribution in [0.2, 0.25) is 0 Å². The summed E-state index contributed by atoms with van der Waals surface area (Å²) in [6.07, 6.45) is 2.76. The lowest BCUT2D eigenvalue weighted by Gasteiger charge is -2.25. The highest BCUT2D eigenvalue weighted by Crippen LogP contribution is 2.34. The van der Waals surface area contributed by atoms with E-state index in [1.54, 1.807) is 17.4 Å². The topological polar surface area (TPSA) is 106 Å². The molecule has 4 aromatic rings. The van der Waals surface area contributed by atoms with E-state index in [1.807, 2.05) is 30.3 Å². The third-order valence-corrected chi connectivity index (χ3v) is 9.92. The summed E-state index contributed by atoms with van der Waals surface area (Å²) in [5, 5.41) is 3.45. The average Bonchev–Trinajstić information content (AvgIpc) is 3.56. The van der Waals surface area contributed by atoms with Gasteiger partial charge in [-0.05, 0) is 61.4 Å². The molecule has 1 amide bonds. The minimum absolute atomic E-state index is 0.190. The van der Waals surface area contributed by atoms with Gasteiger partial charge in [0, 0.05) is 18.8 Å². The first-order chi connectivity index (χ1) is 17.4. The van der Waals surface area contributed by atoms with Crippen LogP contribution >= 0.6 is 22.7 Å². The molecule has 3 heterocycles. The average molecular weight is 542 g/mol. The monoisotopic (exact) mass is 541 g/mol. The normalized spacial score (nSPS) is 14.6. The fourth-order valence-electron chi connectivity index (χ4n) is 3.90. The van der Waals surface area contributed by atoms with Crippen LogP contribution in [0.25, 0.3) is 20.1 Å². The summed E-state index contributed by atoms with van der Waals surface area (Å²) in [4.78, 5) is 30.7. The lowest BCUT2D eigenvalue weighted by molar-refractivity contribution is -0.119. The first kappa shape index (κ1) is 24.6. The number of para-hydroxylation sites is 1. The molecule has 5 rings (SSSR count). The van der Waals surface area contributed by atoms with Crippen LogP contribution < -0.4 is 5.32 Å². The Morgan fingerprint density at radius 3 is 2.44 bits per heavy atom. The molecular weight excluding hydrogens is 518 g/mol. The SMILES string of the molecule is O=C(COC(=O)c1ccc(-c2nc3ccccc3s2)s1)Nc1ccc(S(=O)(=O)N2CCCCC2)cc1. The number of benzene rings is 2. The number of nitrogens with one attached hydrogen (secondary N) is 1. The molecule has 2 aromatic carbocycles. The zero-order valence-electron chi connectivity index (χ0n) is 19.2. The number of esters is 1. The molecule has 0 radical (unpaired) electrons. The van der Waals surface area contributed by atoms with Crippen molar-refractivity contribution in [1.82, 2.24) is 9.29 Å². The summed E-state index contributed by atoms with van der Waals surface area (Å²) in [5.74, 6) is -1.11. The number of hydrogen-bond donors (Lipinski definition) is 1. The maximum Gasteiger partial charge on any atom is 0.348 e. The van der Waals surface area contributed by atoms with Crippen LogP contribution in [0, 0.1) is 0 Å². The number of aromatic nitrogens is 1. The number of thiazole rings is 1. The van der Waals surface area contributed by atoms with Crippen LogP contribution in [0.5, 0.6) is 0 Å². The number of anilines is 1. The number of fused-ring (bicyclic) bond motifs is 1. The number of sulfonamides is 1. The predicted molar refractivity (Wildman–Crippen MR) is 141 cm³/mol. The van der Waals surface area contributed by atoms with Gasteiger partial charge in [-0.3, -0.25) is 4.79 Å². The molecule has 1 aliphatic heterocycles. The van der Waals surface area contributed by atoms with Crippen molar-refractivity contribution >= 4 is 60.5 Å². The first-order valence-electron chi connectivity index (χ1n) is 11.4. The Kier molecular flexibility index (Phi) is 7.15. The highest BCUT2D eigenvalue weighted by atomic mass is 32.2. The van der Waals surface area contributed by atoms with E-state index in [9.17, 15) is 18.0 Å². The van der Waals surface area contributed by atoms with Crippen molar-refractivity contribution in [2.45, 2.75) is 24.2 Å². The standard InChI is InChI=1S/C25H23N3O5S3/c29-23(26-17-8-10-18(11-9-17)36(31,32)28-14-4-1-5-15-28)16-33-25(30)22-13-12-21(34-22)24-27-19-6-2-3-7-20(19)35-24/h2-3,6-13H,1,4-5,14-16H2,(H,26,29). The van der Waals surface area contributed by atoms with Gasteiger partial charge in [-0.25, -0.2) is 18.2 Å². The number of ether oxygens (including phenoxy) is 1. The Labute approximate surface area is 216 Å². The highest BCUT2D eigenvalue weighted by molar-refractivity contribution is 7.89. The Morgan fingerprint density at radius 1 is 0.944 bits per heavy atom. The van der Waals surface area contributed by atoms with Gasteiger partial charge < -0.3 is 10.1 Å². The molecule has 0 saturated carbocycles. The number of thiophene rings is 1. The van der Waals surface area contributed by atoms with E-state index in [-0.39, 0.29) is 4.90 Å². The number of hydrogen-bond acceptors (Lipinski definition) is 8. The van der Waals surface area contributed by atoms with Crippen molar-refractivity contribution in [2.75, 3.05) is 25.0 Å². The minimum atomic E-state index is -3.54. The second kappa shape index (κ2) is 10.5. The molecule has 0 atom stereocenters. The molecule has 11 heteroatoms. The second-order valence-corrected chi connectivity index (χ2v) is 12.3. The number of rotatable bonds is 7. The maximum atomic E-state index is 12.7. The quantitative estimate of drug-likeness (QED) is 0.330. The van der Waals surface area contributed by atoms with E-state index in [4.69, 9.17) is 4.74 Å². The van der Waals surface area contributed by atoms with Crippen LogP contribution in [0.1, 0.15) is 28.9 Å². The molecule has 1 aliphatic rings. The van der Waals surface area contributed by atoms with Crippen molar-refractivity contribution in [3.8, 4) is 9.88 Å². The van der Waals surface area contributed by atoms with Crippen molar-refractivity contribution in [3.05, 3.63) is 65.5 Å². The number of amides is 1. The van der Waals surface area contributed by atoms with Gasteiger partial charge in [0.05, 0.1) is 20.0 Å². The maximum absolute atomic E-state index is 12.7. The third-order valence-electron chi connectivity index (χ3n) is 5.74. The lowest BCUT2D eigenvalue weighted by atomic mass is 10.2. The predicted octanol–water partition coefficient (Wildman–Crippen LogP) is 4.99. The van der Waals surface area contributed by atoms with Gasteiger partial charge in [0.15, 0.2) is 6.61 Å². The molecule has 1 N–H and O–H groups in total. The van der Waals surface area contributed by atoms with Crippen LogP contribution in [0.4, 0.5) is 5.69 Å². The highest BCUT2D eigenvalue weighted by Gasteiger charge is 2.25. The molecule has 0 unspecified atom stereocenters. The van der Waals surface area contributed by atoms with Crippen molar-refractivity contribution < 1.29 is 22.7 Å². The fourth-order valence-corrected chi connectivity index (χ4v) is 7.34. The Balaban J connectivity index is 1.15. The lowest BCUT2D eigenvalue weighted by Crippen LogP contribution is -2.35. The zero-order valence-corrected chi connectivity index (χ0v) is 21.6. The van der Waals surface area contributed by atoms with Crippen LogP contribution in [0.15, 0.2) is 65.6 Å². The second-order valence-electron chi connectivity index (χ2n) is 8.26. The van der Waals surface area contributed by atoms with Crippen molar-refractivity contribution in [3.63, 3.8) is 0 Å². The third kappa shape index (κ3) is 5.34. The summed E-state index contributed by atoms with van der Waals surface area (Å²) in [6.45, 7) is 0.595. The molecule has 36 heavy (non-hydrogen) atoms. The largest absolute Gasteiger partial charge is 0.451 e. The Bertz CT molecular complexity index is 1470. The van der Waals surface area contributed by atoms with E-state index < -0.39 is 28.5 Å². The molecule has 0 aliphatic carbocycles. The summed E-state index contributed by atoms with van der Waals surface area (Å²) in [5.41, 5.74) is 1.33. The molecule has 1 saturated heterocycles. The van der Waals surface area contributed by atoms with Gasteiger partial charge in [-0.15, -0.1) is 22.7 Å². The first-order valence-corrected chi connectivity index (χ1v) is 14.5. The molecule has 2 aromatic heterocycles. The molecule has 0 bridgehead atoms. The van der Waals surface area contributed by atoms with Gasteiger partial charge in [0.2, 0.25) is 10.0 Å². The number of nitrogens with zero attached hydrogens (tertiary/aromatic N) is 2. The number of carbonyl (C=O) groups excluding carboxylic acids is 2. The van der Waals surface area contributed by atoms with Crippen LogP contribution in [-0.2, 0) is 19.6 Å². The Morgan fingerprint density at radius 2 is 1.69 bits per heavy atom. The smallest absolute Gasteiger partial charge is 0.348 e. The zero-order chi connectivity index (χ0) is 25.1. The van der Waals surface area contributed by atoms with Gasteiger partial charge in [-0.1, -0.05) is 18.6 Å². The number of piperidine rings is 1. The molecule has 186 valence electrons. The summed E-state index contributed by atoms with van der Waals surface area (Å²) in [7, 11) is -3.54. The summed E-state index contributed by atoms with van der Waals surface area (Å²) >= 11 is 2.81. The van der Waals surface area contributed by atoms with E-state index in [0.717, 1.165) is 39.4 Å². The van der Waals surface area contributed by atoms with Crippen molar-refractivity contribution in [1.29, 1.82) is 0 Å². The van der Waals surface area contributed by atoms with E-state index >= 15 is 0 Å². The van der Waals surface area contributed by atoms with E-state index in [1.165, 1.54) is 39.9 Å². The molecule has 1 fully saturated rings. The molecule has 0 spiro atoms. The van der Waals surface area contributed by atoms with Crippen LogP contribution in [-0.4, -0.2) is 49.3 Å². The Hall–Kier alpha value is -3.12. The summed E-state index contributed by atoms with van der Waals surface area (Å²) in [6, 6.07) is 17.3. The van der Waals surface area contributed by atoms with E-state index in [2.05, 4.69) is 10.3 Å². The van der Waals surface area contributed by atoms with Crippen LogP contribution in [0.3, 0.4) is 0 Å². The molecular formula is C25H23N3O5S3. The molecule has 8 nitrogen and oxygen atoms in total.